The first kappa shape index (κ1) is 20.7. The molecule has 0 aliphatic carbocycles. The van der Waals surface area contributed by atoms with E-state index in [2.05, 4.69) is 10.3 Å². The van der Waals surface area contributed by atoms with E-state index in [-0.39, 0.29) is 25.3 Å². The molecule has 3 N–H and O–H groups in total. The van der Waals surface area contributed by atoms with Gasteiger partial charge in [-0.05, 0) is 49.6 Å². The summed E-state index contributed by atoms with van der Waals surface area (Å²) in [4.78, 5) is 30.4. The van der Waals surface area contributed by atoms with Crippen LogP contribution in [0.3, 0.4) is 0 Å². The number of benzene rings is 1. The van der Waals surface area contributed by atoms with Gasteiger partial charge >= 0.3 is 5.97 Å². The number of carboxylic acids is 1. The maximum Gasteiger partial charge on any atom is 0.314 e. The van der Waals surface area contributed by atoms with Gasteiger partial charge in [0.05, 0.1) is 6.10 Å². The van der Waals surface area contributed by atoms with Crippen LogP contribution in [0.4, 0.5) is 10.2 Å². The Hall–Kier alpha value is -3.00. The highest BCUT2D eigenvalue weighted by molar-refractivity contribution is 5.94. The number of halogens is 1. The fourth-order valence-corrected chi connectivity index (χ4v) is 3.74. The van der Waals surface area contributed by atoms with Gasteiger partial charge in [0.1, 0.15) is 17.1 Å². The van der Waals surface area contributed by atoms with Crippen molar-refractivity contribution in [1.29, 1.82) is 0 Å². The van der Waals surface area contributed by atoms with E-state index < -0.39 is 23.3 Å². The number of amides is 1. The molecule has 0 saturated carbocycles. The predicted octanol–water partition coefficient (Wildman–Crippen LogP) is 1.86. The first-order chi connectivity index (χ1) is 13.9. The average Bonchev–Trinajstić information content (AvgIpc) is 2.70. The van der Waals surface area contributed by atoms with E-state index in [1.807, 2.05) is 6.92 Å². The number of aromatic nitrogens is 1. The molecule has 154 valence electrons. The number of carboxylic acid groups (broad SMARTS) is 1. The van der Waals surface area contributed by atoms with Crippen molar-refractivity contribution >= 4 is 17.7 Å². The van der Waals surface area contributed by atoms with E-state index in [9.17, 15) is 24.2 Å². The number of aliphatic carboxylic acids is 1. The summed E-state index contributed by atoms with van der Waals surface area (Å²) in [7, 11) is 0. The Bertz CT molecular complexity index is 907. The van der Waals surface area contributed by atoms with E-state index in [4.69, 9.17) is 0 Å². The Labute approximate surface area is 168 Å². The highest BCUT2D eigenvalue weighted by Crippen LogP contribution is 2.36. The molecule has 1 aromatic carbocycles. The number of piperidine rings is 1. The first-order valence-corrected chi connectivity index (χ1v) is 9.51. The zero-order valence-corrected chi connectivity index (χ0v) is 16.1. The Morgan fingerprint density at radius 1 is 1.34 bits per heavy atom. The molecule has 1 aliphatic rings. The van der Waals surface area contributed by atoms with Gasteiger partial charge in [0.2, 0.25) is 0 Å². The van der Waals surface area contributed by atoms with Gasteiger partial charge in [0.15, 0.2) is 0 Å². The molecule has 29 heavy (non-hydrogen) atoms. The Balaban J connectivity index is 1.91. The molecule has 1 saturated heterocycles. The number of rotatable bonds is 6. The second kappa shape index (κ2) is 8.57. The number of carbonyl (C=O) groups is 2. The summed E-state index contributed by atoms with van der Waals surface area (Å²) in [6.07, 6.45) is 0.605. The normalized spacial score (nSPS) is 21.6. The maximum atomic E-state index is 13.6. The van der Waals surface area contributed by atoms with Gasteiger partial charge in [-0.25, -0.2) is 9.37 Å². The van der Waals surface area contributed by atoms with Crippen LogP contribution in [-0.2, 0) is 11.2 Å². The number of nitrogens with zero attached hydrogens (tertiary/aromatic N) is 2. The molecule has 3 rings (SSSR count). The molecule has 0 spiro atoms. The molecule has 1 amide bonds. The average molecular weight is 401 g/mol. The van der Waals surface area contributed by atoms with Crippen LogP contribution in [0.2, 0.25) is 0 Å². The van der Waals surface area contributed by atoms with Gasteiger partial charge in [-0.3, -0.25) is 9.59 Å². The van der Waals surface area contributed by atoms with Gasteiger partial charge in [0.25, 0.3) is 5.91 Å². The van der Waals surface area contributed by atoms with E-state index in [0.717, 1.165) is 0 Å². The Kier molecular flexibility index (Phi) is 6.12. The number of pyridine rings is 1. The lowest BCUT2D eigenvalue weighted by atomic mass is 9.73. The smallest absolute Gasteiger partial charge is 0.314 e. The van der Waals surface area contributed by atoms with Crippen molar-refractivity contribution in [3.05, 3.63) is 59.5 Å². The number of aliphatic hydroxyl groups excluding tert-OH is 1. The summed E-state index contributed by atoms with van der Waals surface area (Å²) in [5, 5.41) is 23.3. The van der Waals surface area contributed by atoms with Crippen LogP contribution in [0, 0.1) is 11.2 Å². The number of aliphatic hydroxyl groups is 1. The molecule has 1 aliphatic heterocycles. The van der Waals surface area contributed by atoms with Crippen LogP contribution in [0.1, 0.15) is 29.3 Å². The Morgan fingerprint density at radius 3 is 2.83 bits per heavy atom. The van der Waals surface area contributed by atoms with Crippen molar-refractivity contribution in [3.63, 3.8) is 0 Å². The minimum absolute atomic E-state index is 0.00807. The molecule has 1 fully saturated rings. The SMILES string of the molecule is CCNC(=O)c1ccnc(N2CC[C@@H](O)[C@](Cc3cccc(F)c3)(C(=O)O)C2)c1. The van der Waals surface area contributed by atoms with E-state index in [1.165, 1.54) is 24.4 Å². The summed E-state index contributed by atoms with van der Waals surface area (Å²) in [5.74, 6) is -1.39. The predicted molar refractivity (Wildman–Crippen MR) is 105 cm³/mol. The quantitative estimate of drug-likeness (QED) is 0.683. The summed E-state index contributed by atoms with van der Waals surface area (Å²) in [5.41, 5.74) is -0.596. The molecule has 0 radical (unpaired) electrons. The molecule has 2 atom stereocenters. The zero-order chi connectivity index (χ0) is 21.0. The van der Waals surface area contributed by atoms with Crippen LogP contribution in [0.25, 0.3) is 0 Å². The van der Waals surface area contributed by atoms with Crippen molar-refractivity contribution < 1.29 is 24.2 Å². The largest absolute Gasteiger partial charge is 0.481 e. The van der Waals surface area contributed by atoms with Gasteiger partial charge < -0.3 is 20.4 Å². The monoisotopic (exact) mass is 401 g/mol. The molecule has 7 nitrogen and oxygen atoms in total. The van der Waals surface area contributed by atoms with E-state index in [1.54, 1.807) is 23.1 Å². The lowest BCUT2D eigenvalue weighted by Crippen LogP contribution is -2.57. The van der Waals surface area contributed by atoms with Crippen LogP contribution in [0.15, 0.2) is 42.6 Å². The van der Waals surface area contributed by atoms with Crippen LogP contribution >= 0.6 is 0 Å². The lowest BCUT2D eigenvalue weighted by Gasteiger charge is -2.44. The molecule has 2 heterocycles. The third-order valence-corrected chi connectivity index (χ3v) is 5.29. The topological polar surface area (TPSA) is 103 Å². The standard InChI is InChI=1S/C21H24FN3O4/c1-2-23-19(27)15-6-8-24-18(11-15)25-9-7-17(26)21(13-25,20(28)29)12-14-4-3-5-16(22)10-14/h3-6,8,10-11,17,26H,2,7,9,12-13H2,1H3,(H,23,27)(H,28,29)/t17-,21-/m1/s1. The van der Waals surface area contributed by atoms with Crippen LogP contribution < -0.4 is 10.2 Å². The number of anilines is 1. The van der Waals surface area contributed by atoms with Crippen molar-refractivity contribution in [3.8, 4) is 0 Å². The maximum absolute atomic E-state index is 13.6. The molecule has 2 aromatic rings. The second-order valence-corrected chi connectivity index (χ2v) is 7.26. The van der Waals surface area contributed by atoms with Crippen LogP contribution in [-0.4, -0.2) is 52.8 Å². The summed E-state index contributed by atoms with van der Waals surface area (Å²) >= 11 is 0. The number of carbonyl (C=O) groups excluding carboxylic acids is 1. The summed E-state index contributed by atoms with van der Waals surface area (Å²) in [6, 6.07) is 8.93. The number of nitrogens with one attached hydrogen (secondary N) is 1. The third kappa shape index (κ3) is 4.37. The minimum atomic E-state index is -1.52. The van der Waals surface area contributed by atoms with Crippen molar-refractivity contribution in [2.75, 3.05) is 24.5 Å². The van der Waals surface area contributed by atoms with Crippen molar-refractivity contribution in [2.45, 2.75) is 25.9 Å². The molecule has 1 aromatic heterocycles. The van der Waals surface area contributed by atoms with Crippen LogP contribution in [0.5, 0.6) is 0 Å². The fourth-order valence-electron chi connectivity index (χ4n) is 3.74. The summed E-state index contributed by atoms with van der Waals surface area (Å²) < 4.78 is 13.6. The van der Waals surface area contributed by atoms with Gasteiger partial charge in [-0.15, -0.1) is 0 Å². The van der Waals surface area contributed by atoms with Crippen molar-refractivity contribution in [1.82, 2.24) is 10.3 Å². The number of hydrogen-bond acceptors (Lipinski definition) is 5. The van der Waals surface area contributed by atoms with Gasteiger partial charge in [-0.2, -0.15) is 0 Å². The molecular formula is C21H24FN3O4. The minimum Gasteiger partial charge on any atom is -0.481 e. The third-order valence-electron chi connectivity index (χ3n) is 5.29. The zero-order valence-electron chi connectivity index (χ0n) is 16.1. The number of hydrogen-bond donors (Lipinski definition) is 3. The highest BCUT2D eigenvalue weighted by Gasteiger charge is 2.49. The van der Waals surface area contributed by atoms with E-state index >= 15 is 0 Å². The van der Waals surface area contributed by atoms with Gasteiger partial charge in [0, 0.05) is 31.4 Å². The highest BCUT2D eigenvalue weighted by atomic mass is 19.1. The van der Waals surface area contributed by atoms with E-state index in [0.29, 0.717) is 30.0 Å². The lowest BCUT2D eigenvalue weighted by molar-refractivity contribution is -0.157. The van der Waals surface area contributed by atoms with Crippen molar-refractivity contribution in [2.24, 2.45) is 5.41 Å². The molecule has 0 bridgehead atoms. The second-order valence-electron chi connectivity index (χ2n) is 7.26. The molecule has 0 unspecified atom stereocenters. The fraction of sp³-hybridized carbons (Fsp3) is 0.381. The molecule has 8 heteroatoms. The molecular weight excluding hydrogens is 377 g/mol. The Morgan fingerprint density at radius 2 is 2.14 bits per heavy atom. The van der Waals surface area contributed by atoms with Gasteiger partial charge in [-0.1, -0.05) is 12.1 Å². The first-order valence-electron chi connectivity index (χ1n) is 9.51. The summed E-state index contributed by atoms with van der Waals surface area (Å²) in [6.45, 7) is 2.69.